The van der Waals surface area contributed by atoms with Crippen molar-refractivity contribution in [3.63, 3.8) is 0 Å². The third-order valence-corrected chi connectivity index (χ3v) is 11.0. The van der Waals surface area contributed by atoms with Gasteiger partial charge < -0.3 is 15.3 Å². The molecule has 2 N–H and O–H groups in total. The van der Waals surface area contributed by atoms with Crippen LogP contribution in [0.4, 0.5) is 17.3 Å². The molecule has 9 rings (SSSR count). The second-order valence-corrected chi connectivity index (χ2v) is 13.8. The predicted molar refractivity (Wildman–Crippen MR) is 176 cm³/mol. The van der Waals surface area contributed by atoms with Crippen LogP contribution in [0.15, 0.2) is 60.0 Å². The summed E-state index contributed by atoms with van der Waals surface area (Å²) in [7, 11) is 0. The molecule has 2 aliphatic carbocycles. The van der Waals surface area contributed by atoms with Crippen LogP contribution in [0.1, 0.15) is 64.1 Å². The van der Waals surface area contributed by atoms with Gasteiger partial charge in [-0.3, -0.25) is 9.69 Å². The Hall–Kier alpha value is -4.02. The number of pyridine rings is 1. The number of benzene rings is 1. The number of aryl methyl sites for hydroxylation is 1. The van der Waals surface area contributed by atoms with E-state index in [0.29, 0.717) is 47.3 Å². The number of anilines is 3. The topological polar surface area (TPSA) is 104 Å². The van der Waals surface area contributed by atoms with Gasteiger partial charge in [-0.05, 0) is 88.3 Å². The highest BCUT2D eigenvalue weighted by atomic mass is 16.3. The lowest BCUT2D eigenvalue weighted by Gasteiger charge is -2.58. The van der Waals surface area contributed by atoms with Gasteiger partial charge in [0.25, 0.3) is 5.56 Å². The number of aromatic nitrogens is 5. The molecule has 2 bridgehead atoms. The number of fused-ring (bicyclic) bond motifs is 4. The summed E-state index contributed by atoms with van der Waals surface area (Å²) < 4.78 is 3.34. The van der Waals surface area contributed by atoms with Gasteiger partial charge in [0.05, 0.1) is 12.2 Å². The molecule has 4 aromatic rings. The van der Waals surface area contributed by atoms with Crippen molar-refractivity contribution < 1.29 is 5.11 Å². The molecule has 10 heteroatoms. The summed E-state index contributed by atoms with van der Waals surface area (Å²) in [5.41, 5.74) is 3.11. The lowest BCUT2D eigenvalue weighted by atomic mass is 9.70. The largest absolute Gasteiger partial charge is 0.383 e. The number of aliphatic hydroxyl groups is 1. The van der Waals surface area contributed by atoms with E-state index in [2.05, 4.69) is 70.9 Å². The van der Waals surface area contributed by atoms with E-state index in [1.807, 2.05) is 13.0 Å². The molecule has 3 atom stereocenters. The summed E-state index contributed by atoms with van der Waals surface area (Å²) in [6.45, 7) is 12.9. The Bertz CT molecular complexity index is 1840. The van der Waals surface area contributed by atoms with E-state index in [0.717, 1.165) is 55.7 Å². The summed E-state index contributed by atoms with van der Waals surface area (Å²) in [4.78, 5) is 33.1. The third kappa shape index (κ3) is 4.29. The van der Waals surface area contributed by atoms with Gasteiger partial charge in [0.2, 0.25) is 5.95 Å². The summed E-state index contributed by atoms with van der Waals surface area (Å²) in [6, 6.07) is 14.3. The van der Waals surface area contributed by atoms with Crippen LogP contribution in [-0.4, -0.2) is 65.5 Å². The molecular weight excluding hydrogens is 564 g/mol. The standard InChI is InChI=1S/C35H42N8O2/c1-5-17-41-32(44)28-19-36-33(37-24-8-10-25(11-9-24)40-20-26-18-27(21-40)42(26)22(3)4)39-31(28)43(41)29-12-7-23-13-14-34(15-16-34)35(45,6-2)30(23)38-29/h5,7-12,19,22,26-27,45H,1,6,13-18,20-21H2,2-4H3,(H,36,37,39)/t26?,27?,35-/m0/s1. The van der Waals surface area contributed by atoms with E-state index < -0.39 is 5.60 Å². The molecule has 3 aromatic heterocycles. The fraction of sp³-hybridized carbons (Fsp3) is 0.486. The van der Waals surface area contributed by atoms with Gasteiger partial charge in [0, 0.05) is 54.2 Å². The molecule has 0 radical (unpaired) electrons. The zero-order valence-electron chi connectivity index (χ0n) is 26.4. The summed E-state index contributed by atoms with van der Waals surface area (Å²) in [5, 5.41) is 15.7. The Kier molecular flexibility index (Phi) is 6.48. The van der Waals surface area contributed by atoms with Gasteiger partial charge in [0.15, 0.2) is 11.5 Å². The molecule has 45 heavy (non-hydrogen) atoms. The van der Waals surface area contributed by atoms with Crippen molar-refractivity contribution in [2.45, 2.75) is 89.6 Å². The molecule has 3 aliphatic heterocycles. The summed E-state index contributed by atoms with van der Waals surface area (Å²) in [5.74, 6) is 0.948. The number of piperidine rings is 1. The van der Waals surface area contributed by atoms with Crippen LogP contribution in [0.3, 0.4) is 0 Å². The van der Waals surface area contributed by atoms with Gasteiger partial charge in [-0.15, -0.1) is 6.58 Å². The lowest BCUT2D eigenvalue weighted by molar-refractivity contribution is -0.0580. The monoisotopic (exact) mass is 606 g/mol. The van der Waals surface area contributed by atoms with Crippen LogP contribution in [-0.2, 0) is 18.6 Å². The van der Waals surface area contributed by atoms with E-state index in [-0.39, 0.29) is 17.5 Å². The highest BCUT2D eigenvalue weighted by Gasteiger charge is 2.61. The number of hydrogen-bond donors (Lipinski definition) is 2. The maximum absolute atomic E-state index is 13.5. The number of nitrogens with one attached hydrogen (secondary N) is 1. The Morgan fingerprint density at radius 1 is 1.09 bits per heavy atom. The Morgan fingerprint density at radius 3 is 2.51 bits per heavy atom. The fourth-order valence-corrected chi connectivity index (χ4v) is 8.53. The molecule has 6 heterocycles. The number of piperazine rings is 1. The normalized spacial score (nSPS) is 25.0. The number of nitrogens with zero attached hydrogens (tertiary/aromatic N) is 7. The number of hydrogen-bond acceptors (Lipinski definition) is 8. The van der Waals surface area contributed by atoms with Crippen molar-refractivity contribution in [3.05, 3.63) is 76.9 Å². The molecular formula is C35H42N8O2. The minimum Gasteiger partial charge on any atom is -0.383 e. The average Bonchev–Trinajstić information content (AvgIpc) is 3.78. The molecule has 2 unspecified atom stereocenters. The molecule has 4 fully saturated rings. The van der Waals surface area contributed by atoms with E-state index >= 15 is 0 Å². The van der Waals surface area contributed by atoms with E-state index in [1.54, 1.807) is 21.6 Å². The van der Waals surface area contributed by atoms with Gasteiger partial charge >= 0.3 is 0 Å². The molecule has 234 valence electrons. The molecule has 10 nitrogen and oxygen atoms in total. The van der Waals surface area contributed by atoms with E-state index in [4.69, 9.17) is 9.97 Å². The zero-order chi connectivity index (χ0) is 31.1. The first-order valence-corrected chi connectivity index (χ1v) is 16.5. The highest BCUT2D eigenvalue weighted by molar-refractivity contribution is 5.77. The fourth-order valence-electron chi connectivity index (χ4n) is 8.53. The van der Waals surface area contributed by atoms with Crippen LogP contribution < -0.4 is 15.8 Å². The van der Waals surface area contributed by atoms with Crippen LogP contribution in [0, 0.1) is 5.41 Å². The summed E-state index contributed by atoms with van der Waals surface area (Å²) in [6.07, 6.45) is 9.11. The predicted octanol–water partition coefficient (Wildman–Crippen LogP) is 4.90. The number of allylic oxidation sites excluding steroid dienone is 1. The molecule has 3 saturated heterocycles. The van der Waals surface area contributed by atoms with E-state index in [9.17, 15) is 9.90 Å². The Balaban J connectivity index is 1.11. The average molecular weight is 607 g/mol. The van der Waals surface area contributed by atoms with Gasteiger partial charge in [-0.1, -0.05) is 19.1 Å². The van der Waals surface area contributed by atoms with Crippen LogP contribution >= 0.6 is 0 Å². The second kappa shape index (κ2) is 10.3. The molecule has 5 aliphatic rings. The van der Waals surface area contributed by atoms with E-state index in [1.165, 1.54) is 12.1 Å². The quantitative estimate of drug-likeness (QED) is 0.273. The molecule has 1 spiro atoms. The maximum atomic E-state index is 13.5. The van der Waals surface area contributed by atoms with Crippen LogP contribution in [0.25, 0.3) is 16.9 Å². The van der Waals surface area contributed by atoms with Crippen molar-refractivity contribution >= 4 is 28.4 Å². The SMILES string of the molecule is C=CCn1c(=O)c2cnc(Nc3ccc(N4CC5CC(C4)N5C(C)C)cc3)nc2n1-c1ccc2c(n1)[C@@](O)(CC)C1(CC2)CC1. The van der Waals surface area contributed by atoms with Crippen molar-refractivity contribution in [1.29, 1.82) is 0 Å². The van der Waals surface area contributed by atoms with Crippen molar-refractivity contribution in [2.75, 3.05) is 23.3 Å². The summed E-state index contributed by atoms with van der Waals surface area (Å²) >= 11 is 0. The minimum atomic E-state index is -0.973. The van der Waals surface area contributed by atoms with Crippen LogP contribution in [0.2, 0.25) is 0 Å². The van der Waals surface area contributed by atoms with Gasteiger partial charge in [-0.2, -0.15) is 4.98 Å². The second-order valence-electron chi connectivity index (χ2n) is 13.8. The zero-order valence-corrected chi connectivity index (χ0v) is 26.4. The van der Waals surface area contributed by atoms with Gasteiger partial charge in [0.1, 0.15) is 11.0 Å². The van der Waals surface area contributed by atoms with Crippen molar-refractivity contribution in [2.24, 2.45) is 5.41 Å². The molecule has 0 amide bonds. The maximum Gasteiger partial charge on any atom is 0.278 e. The number of rotatable bonds is 8. The lowest BCUT2D eigenvalue weighted by Crippen LogP contribution is -2.70. The Labute approximate surface area is 263 Å². The van der Waals surface area contributed by atoms with Crippen molar-refractivity contribution in [3.8, 4) is 5.82 Å². The van der Waals surface area contributed by atoms with Crippen molar-refractivity contribution in [1.82, 2.24) is 29.2 Å². The molecule has 1 saturated carbocycles. The first-order valence-electron chi connectivity index (χ1n) is 16.5. The third-order valence-electron chi connectivity index (χ3n) is 11.0. The first-order chi connectivity index (χ1) is 21.7. The Morgan fingerprint density at radius 2 is 1.84 bits per heavy atom. The smallest absolute Gasteiger partial charge is 0.278 e. The van der Waals surface area contributed by atoms with Gasteiger partial charge in [-0.25, -0.2) is 19.3 Å². The minimum absolute atomic E-state index is 0.0858. The first kappa shape index (κ1) is 28.5. The highest BCUT2D eigenvalue weighted by Crippen LogP contribution is 2.64. The molecule has 1 aromatic carbocycles. The van der Waals surface area contributed by atoms with Crippen LogP contribution in [0.5, 0.6) is 0 Å².